The lowest BCUT2D eigenvalue weighted by atomic mass is 10.1. The van der Waals surface area contributed by atoms with Gasteiger partial charge in [0.15, 0.2) is 0 Å². The van der Waals surface area contributed by atoms with Crippen LogP contribution in [0.2, 0.25) is 0 Å². The maximum atomic E-state index is 13.7. The molecule has 0 fully saturated rings. The van der Waals surface area contributed by atoms with Crippen LogP contribution in [0.3, 0.4) is 0 Å². The van der Waals surface area contributed by atoms with Crippen LogP contribution in [0.15, 0.2) is 48.7 Å². The van der Waals surface area contributed by atoms with Gasteiger partial charge in [0.2, 0.25) is 0 Å². The predicted molar refractivity (Wildman–Crippen MR) is 65.3 cm³/mol. The summed E-state index contributed by atoms with van der Waals surface area (Å²) in [4.78, 5) is 0. The van der Waals surface area contributed by atoms with Gasteiger partial charge < -0.3 is 0 Å². The van der Waals surface area contributed by atoms with Crippen molar-refractivity contribution >= 4 is 5.52 Å². The molecule has 0 unspecified atom stereocenters. The second kappa shape index (κ2) is 3.70. The molecule has 2 nitrogen and oxygen atoms in total. The summed E-state index contributed by atoms with van der Waals surface area (Å²) < 4.78 is 15.5. The average Bonchev–Trinajstić information content (AvgIpc) is 2.68. The Balaban J connectivity index is 2.32. The van der Waals surface area contributed by atoms with Gasteiger partial charge in [-0.1, -0.05) is 18.2 Å². The molecule has 3 aromatic rings. The highest BCUT2D eigenvalue weighted by atomic mass is 19.1. The van der Waals surface area contributed by atoms with Crippen molar-refractivity contribution in [2.45, 2.75) is 6.92 Å². The van der Waals surface area contributed by atoms with Crippen LogP contribution in [0, 0.1) is 12.7 Å². The quantitative estimate of drug-likeness (QED) is 0.621. The first kappa shape index (κ1) is 10.0. The zero-order valence-corrected chi connectivity index (χ0v) is 9.39. The molecule has 17 heavy (non-hydrogen) atoms. The molecule has 0 aliphatic carbocycles. The van der Waals surface area contributed by atoms with Gasteiger partial charge in [-0.15, -0.1) is 0 Å². The third kappa shape index (κ3) is 1.51. The van der Waals surface area contributed by atoms with Crippen molar-refractivity contribution in [3.05, 3.63) is 60.0 Å². The van der Waals surface area contributed by atoms with Crippen LogP contribution in [0.1, 0.15) is 5.56 Å². The van der Waals surface area contributed by atoms with Crippen molar-refractivity contribution < 1.29 is 4.39 Å². The molecule has 0 amide bonds. The van der Waals surface area contributed by atoms with E-state index < -0.39 is 0 Å². The maximum absolute atomic E-state index is 13.7. The fourth-order valence-corrected chi connectivity index (χ4v) is 2.03. The molecule has 2 heterocycles. The van der Waals surface area contributed by atoms with Gasteiger partial charge >= 0.3 is 0 Å². The number of hydrogen-bond donors (Lipinski definition) is 0. The number of aryl methyl sites for hydroxylation is 1. The van der Waals surface area contributed by atoms with E-state index in [0.29, 0.717) is 11.3 Å². The summed E-state index contributed by atoms with van der Waals surface area (Å²) in [7, 11) is 0. The Labute approximate surface area is 98.3 Å². The topological polar surface area (TPSA) is 17.3 Å². The Bertz CT molecular complexity index is 686. The molecular formula is C14H11FN2. The van der Waals surface area contributed by atoms with Crippen LogP contribution in [0.4, 0.5) is 4.39 Å². The van der Waals surface area contributed by atoms with Crippen molar-refractivity contribution in [3.63, 3.8) is 0 Å². The molecule has 3 heteroatoms. The summed E-state index contributed by atoms with van der Waals surface area (Å²) >= 11 is 0. The molecule has 0 spiro atoms. The van der Waals surface area contributed by atoms with Crippen LogP contribution in [0.5, 0.6) is 0 Å². The monoisotopic (exact) mass is 226 g/mol. The Hall–Kier alpha value is -2.16. The molecule has 84 valence electrons. The first-order valence-corrected chi connectivity index (χ1v) is 5.46. The van der Waals surface area contributed by atoms with Crippen molar-refractivity contribution in [3.8, 4) is 11.3 Å². The molecule has 0 radical (unpaired) electrons. The van der Waals surface area contributed by atoms with Crippen molar-refractivity contribution in [1.29, 1.82) is 0 Å². The van der Waals surface area contributed by atoms with Crippen molar-refractivity contribution in [1.82, 2.24) is 9.61 Å². The van der Waals surface area contributed by atoms with E-state index >= 15 is 0 Å². The molecular weight excluding hydrogens is 215 g/mol. The molecule has 0 atom stereocenters. The number of nitrogens with zero attached hydrogens (tertiary/aromatic N) is 2. The number of benzene rings is 1. The van der Waals surface area contributed by atoms with Crippen LogP contribution in [0.25, 0.3) is 16.8 Å². The Morgan fingerprint density at radius 1 is 1.06 bits per heavy atom. The third-order valence-electron chi connectivity index (χ3n) is 2.92. The van der Waals surface area contributed by atoms with E-state index in [1.165, 1.54) is 6.07 Å². The van der Waals surface area contributed by atoms with Gasteiger partial charge in [0.05, 0.1) is 11.2 Å². The zero-order valence-electron chi connectivity index (χ0n) is 9.39. The third-order valence-corrected chi connectivity index (χ3v) is 2.92. The number of aromatic nitrogens is 2. The van der Waals surface area contributed by atoms with E-state index in [9.17, 15) is 4.39 Å². The van der Waals surface area contributed by atoms with E-state index in [0.717, 1.165) is 11.1 Å². The second-order valence-electron chi connectivity index (χ2n) is 3.98. The Morgan fingerprint density at radius 3 is 2.59 bits per heavy atom. The molecule has 0 aliphatic heterocycles. The molecule has 2 aromatic heterocycles. The lowest BCUT2D eigenvalue weighted by Gasteiger charge is -1.99. The Kier molecular flexibility index (Phi) is 2.18. The maximum Gasteiger partial charge on any atom is 0.132 e. The smallest absolute Gasteiger partial charge is 0.132 e. The van der Waals surface area contributed by atoms with Crippen LogP contribution in [-0.4, -0.2) is 9.61 Å². The largest absolute Gasteiger partial charge is 0.240 e. The van der Waals surface area contributed by atoms with E-state index in [2.05, 4.69) is 5.10 Å². The van der Waals surface area contributed by atoms with Gasteiger partial charge in [-0.2, -0.15) is 5.10 Å². The van der Waals surface area contributed by atoms with Crippen LogP contribution < -0.4 is 0 Å². The van der Waals surface area contributed by atoms with Crippen molar-refractivity contribution in [2.75, 3.05) is 0 Å². The summed E-state index contributed by atoms with van der Waals surface area (Å²) in [5.41, 5.74) is 3.25. The highest BCUT2D eigenvalue weighted by molar-refractivity contribution is 5.72. The standard InChI is InChI=1S/C14H11FN2/c1-10-13-8-4-5-9-17(13)16-14(10)11-6-2-3-7-12(11)15/h2-9H,1H3. The minimum absolute atomic E-state index is 0.237. The lowest BCUT2D eigenvalue weighted by Crippen LogP contribution is -1.87. The fourth-order valence-electron chi connectivity index (χ4n) is 2.03. The molecule has 0 N–H and O–H groups in total. The molecule has 0 aliphatic rings. The second-order valence-corrected chi connectivity index (χ2v) is 3.98. The van der Waals surface area contributed by atoms with E-state index in [1.54, 1.807) is 16.6 Å². The molecule has 0 saturated carbocycles. The molecule has 1 aromatic carbocycles. The highest BCUT2D eigenvalue weighted by Gasteiger charge is 2.13. The molecule has 3 rings (SSSR count). The number of rotatable bonds is 1. The van der Waals surface area contributed by atoms with Gasteiger partial charge in [-0.3, -0.25) is 0 Å². The van der Waals surface area contributed by atoms with Gasteiger partial charge in [0, 0.05) is 17.3 Å². The predicted octanol–water partition coefficient (Wildman–Crippen LogP) is 3.45. The molecule has 0 saturated heterocycles. The first-order valence-electron chi connectivity index (χ1n) is 5.46. The minimum atomic E-state index is -0.237. The number of halogens is 1. The van der Waals surface area contributed by atoms with Crippen LogP contribution >= 0.6 is 0 Å². The summed E-state index contributed by atoms with van der Waals surface area (Å²) in [5, 5.41) is 4.42. The highest BCUT2D eigenvalue weighted by Crippen LogP contribution is 2.27. The normalized spacial score (nSPS) is 10.9. The summed E-state index contributed by atoms with van der Waals surface area (Å²) in [5.74, 6) is -0.237. The van der Waals surface area contributed by atoms with E-state index in [4.69, 9.17) is 0 Å². The molecule has 0 bridgehead atoms. The number of hydrogen-bond acceptors (Lipinski definition) is 1. The Morgan fingerprint density at radius 2 is 1.82 bits per heavy atom. The van der Waals surface area contributed by atoms with E-state index in [1.807, 2.05) is 37.4 Å². The fraction of sp³-hybridized carbons (Fsp3) is 0.0714. The SMILES string of the molecule is Cc1c(-c2ccccc2F)nn2ccccc12. The van der Waals surface area contributed by atoms with Crippen LogP contribution in [-0.2, 0) is 0 Å². The van der Waals surface area contributed by atoms with Gasteiger partial charge in [-0.05, 0) is 31.2 Å². The van der Waals surface area contributed by atoms with Gasteiger partial charge in [-0.25, -0.2) is 8.91 Å². The summed E-state index contributed by atoms with van der Waals surface area (Å²) in [6.07, 6.45) is 1.87. The average molecular weight is 226 g/mol. The van der Waals surface area contributed by atoms with Gasteiger partial charge in [0.1, 0.15) is 5.82 Å². The van der Waals surface area contributed by atoms with Crippen molar-refractivity contribution in [2.24, 2.45) is 0 Å². The first-order chi connectivity index (χ1) is 8.27. The van der Waals surface area contributed by atoms with E-state index in [-0.39, 0.29) is 5.82 Å². The lowest BCUT2D eigenvalue weighted by molar-refractivity contribution is 0.630. The summed E-state index contributed by atoms with van der Waals surface area (Å²) in [6.45, 7) is 1.96. The van der Waals surface area contributed by atoms with Gasteiger partial charge in [0.25, 0.3) is 0 Å². The zero-order chi connectivity index (χ0) is 11.8. The number of fused-ring (bicyclic) bond motifs is 1. The summed E-state index contributed by atoms with van der Waals surface area (Å²) in [6, 6.07) is 12.6. The minimum Gasteiger partial charge on any atom is -0.240 e. The number of pyridine rings is 1.